The Labute approximate surface area is 237 Å². The second kappa shape index (κ2) is 8.72. The molecule has 7 aromatic carbocycles. The topological polar surface area (TPSA) is 13.1 Å². The first-order chi connectivity index (χ1) is 22.7. The number of rotatable bonds is 3. The second-order valence-corrected chi connectivity index (χ2v) is 9.51. The van der Waals surface area contributed by atoms with Gasteiger partial charge in [-0.2, -0.15) is 0 Å². The van der Waals surface area contributed by atoms with E-state index in [1.807, 2.05) is 91.0 Å². The van der Waals surface area contributed by atoms with E-state index in [4.69, 9.17) is 9.90 Å². The molecule has 8 aromatic rings. The Bertz CT molecular complexity index is 2530. The van der Waals surface area contributed by atoms with E-state index >= 15 is 0 Å². The molecule has 0 spiro atoms. The zero-order valence-electron chi connectivity index (χ0n) is 28.6. The van der Waals surface area contributed by atoms with Gasteiger partial charge in [0.1, 0.15) is 11.2 Å². The summed E-state index contributed by atoms with van der Waals surface area (Å²) in [7, 11) is 0. The highest BCUT2D eigenvalue weighted by atomic mass is 16.3. The summed E-state index contributed by atoms with van der Waals surface area (Å²) < 4.78 is 77.6. The van der Waals surface area contributed by atoms with E-state index in [2.05, 4.69) is 0 Å². The average molecular weight is 505 g/mol. The van der Waals surface area contributed by atoms with E-state index < -0.39 is 24.2 Å². The van der Waals surface area contributed by atoms with Crippen LogP contribution in [0.25, 0.3) is 76.9 Å². The average Bonchev–Trinajstić information content (AvgIpc) is 3.48. The number of fused-ring (bicyclic) bond motifs is 5. The molecule has 1 aromatic heterocycles. The van der Waals surface area contributed by atoms with Gasteiger partial charge in [-0.15, -0.1) is 0 Å². The van der Waals surface area contributed by atoms with Crippen molar-refractivity contribution in [1.29, 1.82) is 0 Å². The van der Waals surface area contributed by atoms with Crippen LogP contribution in [0, 0.1) is 0 Å². The highest BCUT2D eigenvalue weighted by molar-refractivity contribution is 6.22. The summed E-state index contributed by atoms with van der Waals surface area (Å²) in [6.45, 7) is 0. The van der Waals surface area contributed by atoms with Crippen LogP contribution in [0.15, 0.2) is 150 Å². The highest BCUT2D eigenvalue weighted by Crippen LogP contribution is 2.45. The Morgan fingerprint density at radius 1 is 0.385 bits per heavy atom. The third-order valence-electron chi connectivity index (χ3n) is 7.30. The maximum absolute atomic E-state index is 9.19. The van der Waals surface area contributed by atoms with Gasteiger partial charge in [-0.25, -0.2) is 0 Å². The van der Waals surface area contributed by atoms with Crippen LogP contribution in [0.1, 0.15) is 11.0 Å². The lowest BCUT2D eigenvalue weighted by molar-refractivity contribution is 0.669. The fraction of sp³-hybridized carbons (Fsp3) is 0. The molecule has 0 atom stereocenters. The number of para-hydroxylation sites is 1. The Kier molecular flexibility index (Phi) is 3.42. The van der Waals surface area contributed by atoms with Crippen molar-refractivity contribution in [3.05, 3.63) is 145 Å². The van der Waals surface area contributed by atoms with Crippen molar-refractivity contribution in [2.45, 2.75) is 0 Å². The zero-order chi connectivity index (χ0) is 32.7. The molecule has 1 heterocycles. The lowest BCUT2D eigenvalue weighted by Gasteiger charge is -2.18. The maximum atomic E-state index is 9.19. The standard InChI is InChI=1S/C38H24O/c1-2-11-25(12-3-1)26-13-10-14-27(23-26)37-31-16-4-6-18-33(31)38(34-19-7-5-17-32(34)37)28-21-22-30-29-15-8-9-20-35(29)39-36(30)24-28/h1-24H/i4D,5D,6D,7D,16D,17D,18D,19D. The monoisotopic (exact) mass is 504 g/mol. The first-order valence-corrected chi connectivity index (χ1v) is 12.7. The quantitative estimate of drug-likeness (QED) is 0.218. The molecule has 0 saturated carbocycles. The molecule has 39 heavy (non-hydrogen) atoms. The number of hydrogen-bond acceptors (Lipinski definition) is 1. The van der Waals surface area contributed by atoms with E-state index in [0.717, 1.165) is 21.9 Å². The van der Waals surface area contributed by atoms with Crippen LogP contribution in [-0.2, 0) is 0 Å². The molecule has 8 rings (SSSR count). The predicted octanol–water partition coefficient (Wildman–Crippen LogP) is 10.9. The van der Waals surface area contributed by atoms with Gasteiger partial charge in [-0.3, -0.25) is 0 Å². The molecule has 0 saturated heterocycles. The van der Waals surface area contributed by atoms with E-state index in [9.17, 15) is 5.48 Å². The normalized spacial score (nSPS) is 14.5. The third-order valence-corrected chi connectivity index (χ3v) is 7.30. The Hall–Kier alpha value is -5.14. The van der Waals surface area contributed by atoms with E-state index in [1.54, 1.807) is 6.07 Å². The molecule has 0 amide bonds. The van der Waals surface area contributed by atoms with Crippen molar-refractivity contribution in [1.82, 2.24) is 0 Å². The molecule has 0 bridgehead atoms. The molecule has 0 aliphatic rings. The van der Waals surface area contributed by atoms with E-state index in [-0.39, 0.29) is 45.7 Å². The number of benzene rings is 7. The predicted molar refractivity (Wildman–Crippen MR) is 165 cm³/mol. The summed E-state index contributed by atoms with van der Waals surface area (Å²) in [6, 6.07) is 27.4. The van der Waals surface area contributed by atoms with Crippen molar-refractivity contribution < 1.29 is 15.4 Å². The molecular formula is C38H24O. The summed E-state index contributed by atoms with van der Waals surface area (Å²) in [5, 5.41) is 2.47. The van der Waals surface area contributed by atoms with Crippen LogP contribution in [0.4, 0.5) is 0 Å². The zero-order valence-corrected chi connectivity index (χ0v) is 20.6. The van der Waals surface area contributed by atoms with Crippen molar-refractivity contribution in [2.24, 2.45) is 0 Å². The van der Waals surface area contributed by atoms with Crippen LogP contribution < -0.4 is 0 Å². The number of hydrogen-bond donors (Lipinski definition) is 0. The van der Waals surface area contributed by atoms with Crippen molar-refractivity contribution in [3.63, 3.8) is 0 Å². The third kappa shape index (κ3) is 3.48. The molecule has 0 aliphatic carbocycles. The Morgan fingerprint density at radius 3 is 1.62 bits per heavy atom. The van der Waals surface area contributed by atoms with Gasteiger partial charge in [0, 0.05) is 10.8 Å². The van der Waals surface area contributed by atoms with Crippen LogP contribution in [-0.4, -0.2) is 0 Å². The smallest absolute Gasteiger partial charge is 0.136 e. The maximum Gasteiger partial charge on any atom is 0.136 e. The van der Waals surface area contributed by atoms with Gasteiger partial charge in [-0.1, -0.05) is 121 Å². The highest BCUT2D eigenvalue weighted by Gasteiger charge is 2.18. The second-order valence-electron chi connectivity index (χ2n) is 9.51. The molecular weight excluding hydrogens is 472 g/mol. The fourth-order valence-corrected chi connectivity index (χ4v) is 5.57. The molecule has 0 unspecified atom stereocenters. The van der Waals surface area contributed by atoms with Gasteiger partial charge in [0.2, 0.25) is 0 Å². The Balaban J connectivity index is 1.61. The van der Waals surface area contributed by atoms with Crippen LogP contribution >= 0.6 is 0 Å². The van der Waals surface area contributed by atoms with Gasteiger partial charge in [0.15, 0.2) is 0 Å². The minimum atomic E-state index is -0.433. The SMILES string of the molecule is [2H]c1c([2H])c([2H])c2c(-c3ccc4c(c3)oc3ccccc34)c3c([2H])c([2H])c([2H])c([2H])c3c(-c3cccc(-c4ccccc4)c3)c2c1[2H]. The van der Waals surface area contributed by atoms with Gasteiger partial charge >= 0.3 is 0 Å². The van der Waals surface area contributed by atoms with Crippen LogP contribution in [0.5, 0.6) is 0 Å². The fourth-order valence-electron chi connectivity index (χ4n) is 5.57. The summed E-state index contributed by atoms with van der Waals surface area (Å²) in [6.07, 6.45) is 0. The Morgan fingerprint density at radius 2 is 0.923 bits per heavy atom. The summed E-state index contributed by atoms with van der Waals surface area (Å²) >= 11 is 0. The first kappa shape index (κ1) is 15.3. The molecule has 1 nitrogen and oxygen atoms in total. The van der Waals surface area contributed by atoms with Crippen LogP contribution in [0.3, 0.4) is 0 Å². The minimum Gasteiger partial charge on any atom is -0.456 e. The molecule has 0 aliphatic heterocycles. The van der Waals surface area contributed by atoms with Crippen molar-refractivity contribution in [2.75, 3.05) is 0 Å². The molecule has 0 radical (unpaired) electrons. The lowest BCUT2D eigenvalue weighted by atomic mass is 9.85. The van der Waals surface area contributed by atoms with Crippen LogP contribution in [0.2, 0.25) is 0 Å². The van der Waals surface area contributed by atoms with Gasteiger partial charge in [-0.05, 0) is 79.2 Å². The van der Waals surface area contributed by atoms with Gasteiger partial charge < -0.3 is 4.42 Å². The molecule has 182 valence electrons. The number of furan rings is 1. The summed E-state index contributed by atoms with van der Waals surface area (Å²) in [5.41, 5.74) is 4.70. The molecule has 1 heteroatoms. The lowest BCUT2D eigenvalue weighted by Crippen LogP contribution is -1.91. The largest absolute Gasteiger partial charge is 0.456 e. The van der Waals surface area contributed by atoms with E-state index in [0.29, 0.717) is 33.4 Å². The molecule has 0 N–H and O–H groups in total. The van der Waals surface area contributed by atoms with Crippen molar-refractivity contribution >= 4 is 43.5 Å². The first-order valence-electron chi connectivity index (χ1n) is 16.7. The van der Waals surface area contributed by atoms with Crippen molar-refractivity contribution in [3.8, 4) is 33.4 Å². The van der Waals surface area contributed by atoms with Gasteiger partial charge in [0.05, 0.1) is 11.0 Å². The van der Waals surface area contributed by atoms with Gasteiger partial charge in [0.25, 0.3) is 0 Å². The molecule has 0 fully saturated rings. The summed E-state index contributed by atoms with van der Waals surface area (Å²) in [4.78, 5) is 0. The minimum absolute atomic E-state index is 0.170. The van der Waals surface area contributed by atoms with E-state index in [1.165, 1.54) is 0 Å². The summed E-state index contributed by atoms with van der Waals surface area (Å²) in [5.74, 6) is 0.